The van der Waals surface area contributed by atoms with E-state index < -0.39 is 74.6 Å². The molecule has 46 heavy (non-hydrogen) atoms. The molecule has 258 valence electrons. The van der Waals surface area contributed by atoms with Crippen molar-refractivity contribution < 1.29 is 70.0 Å². The molecule has 0 unspecified atom stereocenters. The normalized spacial score (nSPS) is 32.9. The molecule has 0 radical (unpaired) electrons. The van der Waals surface area contributed by atoms with Crippen LogP contribution in [0, 0.1) is 11.8 Å². The molecule has 0 aliphatic carbocycles. The molecule has 0 spiro atoms. The number of hydrogen-bond donors (Lipinski definition) is 10. The van der Waals surface area contributed by atoms with Crippen LogP contribution in [0.3, 0.4) is 0 Å². The molecule has 0 amide bonds. The summed E-state index contributed by atoms with van der Waals surface area (Å²) in [5, 5.41) is 99.1. The monoisotopic (exact) mass is 654 g/mol. The second-order valence-electron chi connectivity index (χ2n) is 11.9. The molecule has 14 heteroatoms. The van der Waals surface area contributed by atoms with Gasteiger partial charge in [-0.15, -0.1) is 0 Å². The molecule has 4 rings (SSSR count). The van der Waals surface area contributed by atoms with Gasteiger partial charge in [0.25, 0.3) is 0 Å². The minimum atomic E-state index is -1.55. The van der Waals surface area contributed by atoms with Gasteiger partial charge in [-0.25, -0.2) is 0 Å². The van der Waals surface area contributed by atoms with E-state index in [1.54, 1.807) is 36.4 Å². The van der Waals surface area contributed by atoms with Crippen molar-refractivity contribution in [1.29, 1.82) is 0 Å². The molecular weight excluding hydrogens is 608 g/mol. The molecule has 2 fully saturated rings. The van der Waals surface area contributed by atoms with Crippen LogP contribution in [-0.2, 0) is 22.3 Å². The summed E-state index contributed by atoms with van der Waals surface area (Å²) in [5.74, 6) is 0.509. The van der Waals surface area contributed by atoms with E-state index in [0.717, 1.165) is 11.1 Å². The smallest absolute Gasteiger partial charge is 0.229 e. The molecule has 0 bridgehead atoms. The number of aliphatic hydroxyl groups excluding tert-OH is 10. The highest BCUT2D eigenvalue weighted by molar-refractivity contribution is 5.29. The van der Waals surface area contributed by atoms with Gasteiger partial charge in [0.15, 0.2) is 0 Å². The van der Waals surface area contributed by atoms with Crippen molar-refractivity contribution in [2.75, 3.05) is 26.4 Å². The lowest BCUT2D eigenvalue weighted by Gasteiger charge is -2.39. The SMILES string of the molecule is OCCC[C@H](Cc1ccc(O[C@@H]2O[C@H](CO)[C@@H](O)[C@H](O)[C@H]2O)cc1)[C@H](CO)Cc1ccc(O[C@@H]2O[C@H](CO)[C@@H](O)[C@H](O)[C@H]2O)cc1. The fourth-order valence-electron chi connectivity index (χ4n) is 5.85. The van der Waals surface area contributed by atoms with E-state index in [0.29, 0.717) is 37.2 Å². The molecule has 10 N–H and O–H groups in total. The van der Waals surface area contributed by atoms with Gasteiger partial charge in [0.05, 0.1) is 13.2 Å². The standard InChI is InChI=1S/C32H46O14/c33-11-1-2-19(12-17-3-7-21(8-4-17)43-31-29(41)27(39)25(37)23(15-35)45-31)20(14-34)13-18-5-9-22(10-6-18)44-32-30(42)28(40)26(38)24(16-36)46-32/h3-10,19-20,23-42H,1-2,11-16H2/t19-,20+,23-,24-,25-,26-,27+,28+,29-,30-,31-,32-/m1/s1. The zero-order valence-corrected chi connectivity index (χ0v) is 25.3. The maximum Gasteiger partial charge on any atom is 0.229 e. The lowest BCUT2D eigenvalue weighted by atomic mass is 9.80. The Hall–Kier alpha value is -2.44. The van der Waals surface area contributed by atoms with Crippen LogP contribution in [0.1, 0.15) is 24.0 Å². The molecule has 2 heterocycles. The first-order chi connectivity index (χ1) is 22.1. The largest absolute Gasteiger partial charge is 0.462 e. The highest BCUT2D eigenvalue weighted by Gasteiger charge is 2.45. The third kappa shape index (κ3) is 8.92. The van der Waals surface area contributed by atoms with Crippen LogP contribution >= 0.6 is 0 Å². The Bertz CT molecular complexity index is 1160. The second kappa shape index (κ2) is 17.1. The molecule has 0 aromatic heterocycles. The maximum absolute atomic E-state index is 10.4. The molecule has 2 aliphatic heterocycles. The minimum Gasteiger partial charge on any atom is -0.462 e. The summed E-state index contributed by atoms with van der Waals surface area (Å²) in [6.07, 6.45) is -11.6. The van der Waals surface area contributed by atoms with E-state index in [9.17, 15) is 51.1 Å². The van der Waals surface area contributed by atoms with Gasteiger partial charge in [0, 0.05) is 13.2 Å². The molecule has 2 aromatic carbocycles. The molecule has 2 saturated heterocycles. The fourth-order valence-corrected chi connectivity index (χ4v) is 5.85. The van der Waals surface area contributed by atoms with Gasteiger partial charge in [-0.1, -0.05) is 24.3 Å². The molecule has 2 aliphatic rings. The Morgan fingerprint density at radius 3 is 1.33 bits per heavy atom. The maximum atomic E-state index is 10.4. The van der Waals surface area contributed by atoms with Gasteiger partial charge in [0.1, 0.15) is 60.3 Å². The van der Waals surface area contributed by atoms with E-state index in [-0.39, 0.29) is 25.0 Å². The topological polar surface area (TPSA) is 239 Å². The van der Waals surface area contributed by atoms with E-state index in [2.05, 4.69) is 0 Å². The van der Waals surface area contributed by atoms with Crippen LogP contribution in [0.25, 0.3) is 0 Å². The lowest BCUT2D eigenvalue weighted by molar-refractivity contribution is -0.277. The van der Waals surface area contributed by atoms with E-state index in [1.165, 1.54) is 0 Å². The predicted octanol–water partition coefficient (Wildman–Crippen LogP) is -2.17. The summed E-state index contributed by atoms with van der Waals surface area (Å²) >= 11 is 0. The van der Waals surface area contributed by atoms with Crippen LogP contribution in [0.2, 0.25) is 0 Å². The van der Waals surface area contributed by atoms with Crippen molar-refractivity contribution in [2.24, 2.45) is 11.8 Å². The summed E-state index contributed by atoms with van der Waals surface area (Å²) in [6.45, 7) is -1.23. The van der Waals surface area contributed by atoms with E-state index in [4.69, 9.17) is 18.9 Å². The fraction of sp³-hybridized carbons (Fsp3) is 0.625. The van der Waals surface area contributed by atoms with Gasteiger partial charge in [-0.05, 0) is 72.9 Å². The number of aliphatic hydroxyl groups is 10. The number of hydrogen-bond acceptors (Lipinski definition) is 14. The van der Waals surface area contributed by atoms with Crippen LogP contribution in [-0.4, -0.2) is 139 Å². The van der Waals surface area contributed by atoms with Gasteiger partial charge in [0.2, 0.25) is 12.6 Å². The van der Waals surface area contributed by atoms with Gasteiger partial charge < -0.3 is 70.0 Å². The van der Waals surface area contributed by atoms with Crippen LogP contribution in [0.4, 0.5) is 0 Å². The van der Waals surface area contributed by atoms with Gasteiger partial charge >= 0.3 is 0 Å². The summed E-state index contributed by atoms with van der Waals surface area (Å²) < 4.78 is 22.2. The molecule has 14 nitrogen and oxygen atoms in total. The average Bonchev–Trinajstić information content (AvgIpc) is 3.07. The van der Waals surface area contributed by atoms with E-state index in [1.807, 2.05) is 12.1 Å². The zero-order chi connectivity index (χ0) is 33.4. The Balaban J connectivity index is 1.37. The molecular formula is C32H46O14. The summed E-state index contributed by atoms with van der Waals surface area (Å²) in [4.78, 5) is 0. The number of rotatable bonds is 15. The van der Waals surface area contributed by atoms with E-state index >= 15 is 0 Å². The summed E-state index contributed by atoms with van der Waals surface area (Å²) in [5.41, 5.74) is 1.84. The first-order valence-corrected chi connectivity index (χ1v) is 15.4. The van der Waals surface area contributed by atoms with Crippen molar-refractivity contribution in [3.63, 3.8) is 0 Å². The molecule has 0 saturated carbocycles. The molecule has 12 atom stereocenters. The Morgan fingerprint density at radius 1 is 0.543 bits per heavy atom. The minimum absolute atomic E-state index is 0.000548. The summed E-state index contributed by atoms with van der Waals surface area (Å²) in [6, 6.07) is 13.9. The Labute approximate surface area is 266 Å². The third-order valence-electron chi connectivity index (χ3n) is 8.68. The lowest BCUT2D eigenvalue weighted by Crippen LogP contribution is -2.60. The van der Waals surface area contributed by atoms with Crippen molar-refractivity contribution in [3.8, 4) is 11.5 Å². The Morgan fingerprint density at radius 2 is 0.957 bits per heavy atom. The van der Waals surface area contributed by atoms with Crippen molar-refractivity contribution >= 4 is 0 Å². The van der Waals surface area contributed by atoms with Crippen molar-refractivity contribution in [3.05, 3.63) is 59.7 Å². The highest BCUT2D eigenvalue weighted by Crippen LogP contribution is 2.30. The number of benzene rings is 2. The second-order valence-corrected chi connectivity index (χ2v) is 11.9. The third-order valence-corrected chi connectivity index (χ3v) is 8.68. The van der Waals surface area contributed by atoms with Gasteiger partial charge in [-0.2, -0.15) is 0 Å². The predicted molar refractivity (Wildman–Crippen MR) is 159 cm³/mol. The molecule has 2 aromatic rings. The van der Waals surface area contributed by atoms with Crippen LogP contribution in [0.15, 0.2) is 48.5 Å². The first kappa shape index (κ1) is 36.4. The van der Waals surface area contributed by atoms with Crippen LogP contribution in [0.5, 0.6) is 11.5 Å². The first-order valence-electron chi connectivity index (χ1n) is 15.4. The Kier molecular flexibility index (Phi) is 13.5. The average molecular weight is 655 g/mol. The number of ether oxygens (including phenoxy) is 4. The highest BCUT2D eigenvalue weighted by atomic mass is 16.7. The van der Waals surface area contributed by atoms with Gasteiger partial charge in [-0.3, -0.25) is 0 Å². The quantitative estimate of drug-likeness (QED) is 0.0984. The van der Waals surface area contributed by atoms with Crippen molar-refractivity contribution in [1.82, 2.24) is 0 Å². The van der Waals surface area contributed by atoms with Crippen molar-refractivity contribution in [2.45, 2.75) is 87.1 Å². The summed E-state index contributed by atoms with van der Waals surface area (Å²) in [7, 11) is 0. The van der Waals surface area contributed by atoms with Crippen LogP contribution < -0.4 is 9.47 Å². The zero-order valence-electron chi connectivity index (χ0n) is 25.3.